The summed E-state index contributed by atoms with van der Waals surface area (Å²) in [6, 6.07) is 12.3. The number of nitrogens with one attached hydrogen (secondary N) is 1. The normalized spacial score (nSPS) is 10.1. The molecule has 0 heterocycles. The van der Waals surface area contributed by atoms with Gasteiger partial charge in [0.15, 0.2) is 0 Å². The molecule has 0 aromatic heterocycles. The summed E-state index contributed by atoms with van der Waals surface area (Å²) in [4.78, 5) is 11.2. The number of primary amides is 1. The first-order valence-electron chi connectivity index (χ1n) is 5.29. The molecule has 92 valence electrons. The van der Waals surface area contributed by atoms with Crippen LogP contribution in [0.2, 0.25) is 5.02 Å². The van der Waals surface area contributed by atoms with E-state index in [9.17, 15) is 4.79 Å². The van der Waals surface area contributed by atoms with Crippen molar-refractivity contribution in [3.8, 4) is 0 Å². The number of carbonyl (C=O) groups excluding carboxylic acids is 1. The van der Waals surface area contributed by atoms with Gasteiger partial charge in [0.1, 0.15) is 0 Å². The Balaban J connectivity index is 2.33. The van der Waals surface area contributed by atoms with E-state index in [1.54, 1.807) is 24.3 Å². The lowest BCUT2D eigenvalue weighted by Crippen LogP contribution is -2.13. The minimum absolute atomic E-state index is 0.284. The summed E-state index contributed by atoms with van der Waals surface area (Å²) in [6.07, 6.45) is 0. The Morgan fingerprint density at radius 3 is 2.56 bits per heavy atom. The molecule has 4 nitrogen and oxygen atoms in total. The van der Waals surface area contributed by atoms with Gasteiger partial charge in [-0.05, 0) is 30.3 Å². The Hall–Kier alpha value is -2.20. The molecule has 0 unspecified atom stereocenters. The van der Waals surface area contributed by atoms with Crippen molar-refractivity contribution in [2.75, 3.05) is 11.1 Å². The highest BCUT2D eigenvalue weighted by Gasteiger charge is 2.07. The number of para-hydroxylation sites is 1. The topological polar surface area (TPSA) is 81.1 Å². The van der Waals surface area contributed by atoms with Gasteiger partial charge in [0.2, 0.25) is 0 Å². The van der Waals surface area contributed by atoms with Crippen molar-refractivity contribution in [3.05, 3.63) is 53.1 Å². The average Bonchev–Trinajstić information content (AvgIpc) is 2.34. The zero-order valence-corrected chi connectivity index (χ0v) is 10.2. The molecule has 2 aromatic rings. The van der Waals surface area contributed by atoms with Crippen LogP contribution in [0.3, 0.4) is 0 Å². The highest BCUT2D eigenvalue weighted by Crippen LogP contribution is 2.26. The zero-order valence-electron chi connectivity index (χ0n) is 9.48. The van der Waals surface area contributed by atoms with Crippen LogP contribution in [-0.2, 0) is 0 Å². The molecule has 0 atom stereocenters. The number of amides is 1. The van der Waals surface area contributed by atoms with Gasteiger partial charge in [-0.3, -0.25) is 4.79 Å². The fourth-order valence-electron chi connectivity index (χ4n) is 1.57. The van der Waals surface area contributed by atoms with E-state index < -0.39 is 5.91 Å². The number of carbonyl (C=O) groups is 1. The third-order valence-electron chi connectivity index (χ3n) is 2.47. The van der Waals surface area contributed by atoms with Crippen LogP contribution >= 0.6 is 11.6 Å². The highest BCUT2D eigenvalue weighted by atomic mass is 35.5. The Labute approximate surface area is 110 Å². The Morgan fingerprint density at radius 1 is 1.17 bits per heavy atom. The van der Waals surface area contributed by atoms with Gasteiger partial charge in [-0.2, -0.15) is 0 Å². The van der Waals surface area contributed by atoms with E-state index >= 15 is 0 Å². The number of hydrogen-bond acceptors (Lipinski definition) is 3. The highest BCUT2D eigenvalue weighted by molar-refractivity contribution is 6.33. The van der Waals surface area contributed by atoms with E-state index in [1.165, 1.54) is 0 Å². The van der Waals surface area contributed by atoms with Crippen LogP contribution in [0.4, 0.5) is 17.1 Å². The maximum Gasteiger partial charge on any atom is 0.250 e. The van der Waals surface area contributed by atoms with Crippen LogP contribution in [0.5, 0.6) is 0 Å². The Kier molecular flexibility index (Phi) is 3.39. The smallest absolute Gasteiger partial charge is 0.250 e. The summed E-state index contributed by atoms with van der Waals surface area (Å²) in [5.41, 5.74) is 13.0. The SMILES string of the molecule is NC(=O)c1cc(Nc2ccccc2Cl)ccc1N. The summed E-state index contributed by atoms with van der Waals surface area (Å²) >= 11 is 6.03. The van der Waals surface area contributed by atoms with Crippen LogP contribution in [0.15, 0.2) is 42.5 Å². The van der Waals surface area contributed by atoms with Crippen LogP contribution in [-0.4, -0.2) is 5.91 Å². The fraction of sp³-hybridized carbons (Fsp3) is 0. The summed E-state index contributed by atoms with van der Waals surface area (Å²) in [6.45, 7) is 0. The minimum atomic E-state index is -0.560. The average molecular weight is 262 g/mol. The predicted molar refractivity (Wildman–Crippen MR) is 74.1 cm³/mol. The largest absolute Gasteiger partial charge is 0.398 e. The predicted octanol–water partition coefficient (Wildman–Crippen LogP) is 2.76. The first-order valence-corrected chi connectivity index (χ1v) is 5.66. The monoisotopic (exact) mass is 261 g/mol. The number of nitrogen functional groups attached to an aromatic ring is 1. The summed E-state index contributed by atoms with van der Waals surface area (Å²) in [5.74, 6) is -0.560. The van der Waals surface area contributed by atoms with Crippen molar-refractivity contribution >= 4 is 34.6 Å². The van der Waals surface area contributed by atoms with Crippen LogP contribution in [0.1, 0.15) is 10.4 Å². The lowest BCUT2D eigenvalue weighted by Gasteiger charge is -2.10. The maximum absolute atomic E-state index is 11.2. The molecule has 0 aliphatic rings. The van der Waals surface area contributed by atoms with Crippen LogP contribution < -0.4 is 16.8 Å². The molecule has 0 bridgehead atoms. The van der Waals surface area contributed by atoms with Gasteiger partial charge in [-0.1, -0.05) is 23.7 Å². The van der Waals surface area contributed by atoms with E-state index in [1.807, 2.05) is 18.2 Å². The quantitative estimate of drug-likeness (QED) is 0.743. The van der Waals surface area contributed by atoms with E-state index in [4.69, 9.17) is 23.1 Å². The molecule has 0 spiro atoms. The second kappa shape index (κ2) is 4.98. The minimum Gasteiger partial charge on any atom is -0.398 e. The van der Waals surface area contributed by atoms with Gasteiger partial charge in [-0.25, -0.2) is 0 Å². The third kappa shape index (κ3) is 2.55. The number of rotatable bonds is 3. The standard InChI is InChI=1S/C13H12ClN3O/c14-10-3-1-2-4-12(10)17-8-5-6-11(15)9(7-8)13(16)18/h1-7,17H,15H2,(H2,16,18). The molecule has 2 rings (SSSR count). The van der Waals surface area contributed by atoms with Crippen LogP contribution in [0.25, 0.3) is 0 Å². The molecule has 0 aliphatic carbocycles. The van der Waals surface area contributed by atoms with Crippen molar-refractivity contribution < 1.29 is 4.79 Å². The molecule has 0 saturated carbocycles. The molecule has 18 heavy (non-hydrogen) atoms. The van der Waals surface area contributed by atoms with E-state index in [-0.39, 0.29) is 5.56 Å². The van der Waals surface area contributed by atoms with Gasteiger partial charge < -0.3 is 16.8 Å². The summed E-state index contributed by atoms with van der Waals surface area (Å²) in [5, 5.41) is 3.69. The van der Waals surface area contributed by atoms with E-state index in [2.05, 4.69) is 5.32 Å². The van der Waals surface area contributed by atoms with Gasteiger partial charge >= 0.3 is 0 Å². The maximum atomic E-state index is 11.2. The zero-order chi connectivity index (χ0) is 13.1. The molecule has 1 amide bonds. The molecule has 0 radical (unpaired) electrons. The van der Waals surface area contributed by atoms with Crippen molar-refractivity contribution in [2.45, 2.75) is 0 Å². The number of nitrogens with two attached hydrogens (primary N) is 2. The molecule has 2 aromatic carbocycles. The fourth-order valence-corrected chi connectivity index (χ4v) is 1.75. The molecule has 5 heteroatoms. The van der Waals surface area contributed by atoms with Gasteiger partial charge in [0.05, 0.1) is 16.3 Å². The molecular formula is C13H12ClN3O. The van der Waals surface area contributed by atoms with Gasteiger partial charge in [0.25, 0.3) is 5.91 Å². The third-order valence-corrected chi connectivity index (χ3v) is 2.80. The number of anilines is 3. The number of benzene rings is 2. The first kappa shape index (κ1) is 12.3. The molecule has 0 fully saturated rings. The van der Waals surface area contributed by atoms with E-state index in [0.717, 1.165) is 5.69 Å². The molecule has 0 aliphatic heterocycles. The summed E-state index contributed by atoms with van der Waals surface area (Å²) < 4.78 is 0. The second-order valence-electron chi connectivity index (χ2n) is 3.77. The molecule has 0 saturated heterocycles. The Morgan fingerprint density at radius 2 is 1.89 bits per heavy atom. The van der Waals surface area contributed by atoms with Gasteiger partial charge in [0, 0.05) is 11.4 Å². The van der Waals surface area contributed by atoms with Gasteiger partial charge in [-0.15, -0.1) is 0 Å². The molecular weight excluding hydrogens is 250 g/mol. The summed E-state index contributed by atoms with van der Waals surface area (Å²) in [7, 11) is 0. The Bertz CT molecular complexity index is 599. The van der Waals surface area contributed by atoms with Crippen molar-refractivity contribution in [3.63, 3.8) is 0 Å². The first-order chi connectivity index (χ1) is 8.58. The van der Waals surface area contributed by atoms with Crippen molar-refractivity contribution in [1.29, 1.82) is 0 Å². The van der Waals surface area contributed by atoms with Crippen molar-refractivity contribution in [1.82, 2.24) is 0 Å². The van der Waals surface area contributed by atoms with E-state index in [0.29, 0.717) is 16.4 Å². The second-order valence-corrected chi connectivity index (χ2v) is 4.18. The molecule has 5 N–H and O–H groups in total. The number of hydrogen-bond donors (Lipinski definition) is 3. The van der Waals surface area contributed by atoms with Crippen molar-refractivity contribution in [2.24, 2.45) is 5.73 Å². The van der Waals surface area contributed by atoms with Crippen LogP contribution in [0, 0.1) is 0 Å². The number of halogens is 1. The lowest BCUT2D eigenvalue weighted by molar-refractivity contribution is 0.100. The lowest BCUT2D eigenvalue weighted by atomic mass is 10.1.